The van der Waals surface area contributed by atoms with Crippen LogP contribution < -0.4 is 0 Å². The van der Waals surface area contributed by atoms with Gasteiger partial charge in [0.05, 0.1) is 10.8 Å². The average Bonchev–Trinajstić information content (AvgIpc) is 1.87. The quantitative estimate of drug-likeness (QED) is 0.583. The van der Waals surface area contributed by atoms with Crippen molar-refractivity contribution >= 4 is 23.2 Å². The first-order chi connectivity index (χ1) is 4.59. The molecule has 10 heavy (non-hydrogen) atoms. The molecule has 0 aliphatic rings. The molecule has 2 atom stereocenters. The highest BCUT2D eigenvalue weighted by atomic mass is 35.5. The zero-order chi connectivity index (χ0) is 8.15. The van der Waals surface area contributed by atoms with Gasteiger partial charge in [0.15, 0.2) is 0 Å². The number of rotatable bonds is 4. The molecule has 0 fully saturated rings. The second-order valence-corrected chi connectivity index (χ2v) is 4.06. The molecule has 0 radical (unpaired) electrons. The predicted octanol–water partition coefficient (Wildman–Crippen LogP) is 3.66. The zero-order valence-electron chi connectivity index (χ0n) is 6.90. The van der Waals surface area contributed by atoms with E-state index in [4.69, 9.17) is 23.2 Å². The van der Waals surface area contributed by atoms with Gasteiger partial charge >= 0.3 is 0 Å². The fourth-order valence-electron chi connectivity index (χ4n) is 0.853. The smallest absolute Gasteiger partial charge is 0.0522 e. The maximum atomic E-state index is 6.01. The molecule has 0 aliphatic carbocycles. The normalized spacial score (nSPS) is 17.4. The summed E-state index contributed by atoms with van der Waals surface area (Å²) < 4.78 is 0. The highest BCUT2D eigenvalue weighted by Crippen LogP contribution is 2.21. The van der Waals surface area contributed by atoms with Crippen LogP contribution in [0, 0.1) is 5.92 Å². The van der Waals surface area contributed by atoms with Gasteiger partial charge in [0.1, 0.15) is 0 Å². The lowest BCUT2D eigenvalue weighted by Gasteiger charge is -2.18. The van der Waals surface area contributed by atoms with Crippen LogP contribution in [0.15, 0.2) is 0 Å². The van der Waals surface area contributed by atoms with Crippen LogP contribution in [0.25, 0.3) is 0 Å². The molecule has 0 saturated heterocycles. The third-order valence-corrected chi connectivity index (χ3v) is 2.97. The highest BCUT2D eigenvalue weighted by Gasteiger charge is 2.18. The van der Waals surface area contributed by atoms with Gasteiger partial charge in [0, 0.05) is 0 Å². The van der Waals surface area contributed by atoms with E-state index < -0.39 is 0 Å². The molecule has 0 heterocycles. The van der Waals surface area contributed by atoms with E-state index >= 15 is 0 Å². The van der Waals surface area contributed by atoms with Gasteiger partial charge in [0.25, 0.3) is 0 Å². The van der Waals surface area contributed by atoms with E-state index in [-0.39, 0.29) is 10.8 Å². The number of hydrogen-bond acceptors (Lipinski definition) is 0. The van der Waals surface area contributed by atoms with E-state index in [9.17, 15) is 0 Å². The van der Waals surface area contributed by atoms with Crippen molar-refractivity contribution in [3.8, 4) is 0 Å². The molecule has 0 bridgehead atoms. The molecule has 0 spiro atoms. The topological polar surface area (TPSA) is 0 Å². The van der Waals surface area contributed by atoms with E-state index in [2.05, 4.69) is 20.8 Å². The van der Waals surface area contributed by atoms with Crippen molar-refractivity contribution < 1.29 is 0 Å². The first kappa shape index (κ1) is 10.6. The summed E-state index contributed by atoms with van der Waals surface area (Å²) in [5.74, 6) is 0.482. The van der Waals surface area contributed by atoms with Crippen LogP contribution >= 0.6 is 23.2 Å². The zero-order valence-corrected chi connectivity index (χ0v) is 8.41. The molecule has 0 N–H and O–H groups in total. The second kappa shape index (κ2) is 5.26. The maximum Gasteiger partial charge on any atom is 0.0522 e. The fourth-order valence-corrected chi connectivity index (χ4v) is 1.49. The molecule has 0 aliphatic heterocycles. The Morgan fingerprint density at radius 1 is 1.20 bits per heavy atom. The van der Waals surface area contributed by atoms with Crippen LogP contribution in [-0.2, 0) is 0 Å². The van der Waals surface area contributed by atoms with E-state index in [1.165, 1.54) is 0 Å². The van der Waals surface area contributed by atoms with Crippen molar-refractivity contribution in [2.24, 2.45) is 5.92 Å². The van der Waals surface area contributed by atoms with E-state index in [0.717, 1.165) is 12.8 Å². The third kappa shape index (κ3) is 3.68. The summed E-state index contributed by atoms with van der Waals surface area (Å²) in [6.45, 7) is 6.32. The van der Waals surface area contributed by atoms with E-state index in [0.29, 0.717) is 5.92 Å². The van der Waals surface area contributed by atoms with Gasteiger partial charge in [-0.3, -0.25) is 0 Å². The van der Waals surface area contributed by atoms with Crippen LogP contribution in [0.1, 0.15) is 33.6 Å². The second-order valence-electron chi connectivity index (χ2n) is 2.99. The van der Waals surface area contributed by atoms with Crippen LogP contribution in [-0.4, -0.2) is 10.8 Å². The summed E-state index contributed by atoms with van der Waals surface area (Å²) >= 11 is 12.0. The van der Waals surface area contributed by atoms with Crippen LogP contribution in [0.3, 0.4) is 0 Å². The van der Waals surface area contributed by atoms with E-state index in [1.807, 2.05) is 0 Å². The molecular formula is C8H16Cl2. The number of hydrogen-bond donors (Lipinski definition) is 0. The average molecular weight is 183 g/mol. The van der Waals surface area contributed by atoms with Gasteiger partial charge in [0.2, 0.25) is 0 Å². The van der Waals surface area contributed by atoms with Gasteiger partial charge < -0.3 is 0 Å². The Hall–Kier alpha value is 0.580. The molecular weight excluding hydrogens is 167 g/mol. The summed E-state index contributed by atoms with van der Waals surface area (Å²) in [4.78, 5) is 0. The molecule has 0 aromatic carbocycles. The van der Waals surface area contributed by atoms with Crippen LogP contribution in [0.4, 0.5) is 0 Å². The minimum absolute atomic E-state index is 0.126. The minimum Gasteiger partial charge on any atom is -0.121 e. The van der Waals surface area contributed by atoms with Gasteiger partial charge in [-0.2, -0.15) is 0 Å². The Morgan fingerprint density at radius 3 is 2.00 bits per heavy atom. The predicted molar refractivity (Wildman–Crippen MR) is 49.0 cm³/mol. The molecule has 0 amide bonds. The molecule has 0 aromatic heterocycles. The lowest BCUT2D eigenvalue weighted by atomic mass is 10.0. The molecule has 0 nitrogen and oxygen atoms in total. The first-order valence-corrected chi connectivity index (χ1v) is 4.75. The molecule has 62 valence electrons. The molecule has 2 heteroatoms. The Morgan fingerprint density at radius 2 is 1.70 bits per heavy atom. The van der Waals surface area contributed by atoms with Crippen molar-refractivity contribution in [2.75, 3.05) is 0 Å². The van der Waals surface area contributed by atoms with Gasteiger partial charge in [-0.25, -0.2) is 0 Å². The highest BCUT2D eigenvalue weighted by molar-refractivity contribution is 6.30. The van der Waals surface area contributed by atoms with Crippen molar-refractivity contribution in [1.29, 1.82) is 0 Å². The Kier molecular flexibility index (Phi) is 5.56. The maximum absolute atomic E-state index is 6.01. The van der Waals surface area contributed by atoms with Crippen LogP contribution in [0.5, 0.6) is 0 Å². The molecule has 0 rings (SSSR count). The van der Waals surface area contributed by atoms with Gasteiger partial charge in [-0.15, -0.1) is 23.2 Å². The van der Waals surface area contributed by atoms with Crippen molar-refractivity contribution in [3.05, 3.63) is 0 Å². The van der Waals surface area contributed by atoms with E-state index in [1.54, 1.807) is 0 Å². The SMILES string of the molecule is CCCC(Cl)C(Cl)C(C)C. The standard InChI is InChI=1S/C8H16Cl2/c1-4-5-7(9)8(10)6(2)3/h6-8H,4-5H2,1-3H3. The minimum atomic E-state index is 0.126. The monoisotopic (exact) mass is 182 g/mol. The summed E-state index contributed by atoms with van der Waals surface area (Å²) in [5.41, 5.74) is 0. The number of halogens is 2. The largest absolute Gasteiger partial charge is 0.121 e. The van der Waals surface area contributed by atoms with Gasteiger partial charge in [-0.05, 0) is 12.3 Å². The summed E-state index contributed by atoms with van der Waals surface area (Å²) in [6, 6.07) is 0. The summed E-state index contributed by atoms with van der Waals surface area (Å²) in [6.07, 6.45) is 2.14. The van der Waals surface area contributed by atoms with Gasteiger partial charge in [-0.1, -0.05) is 27.2 Å². The lowest BCUT2D eigenvalue weighted by molar-refractivity contribution is 0.550. The summed E-state index contributed by atoms with van der Waals surface area (Å²) in [7, 11) is 0. The molecule has 0 saturated carbocycles. The third-order valence-electron chi connectivity index (χ3n) is 1.55. The molecule has 2 unspecified atom stereocenters. The van der Waals surface area contributed by atoms with Crippen molar-refractivity contribution in [2.45, 2.75) is 44.4 Å². The lowest BCUT2D eigenvalue weighted by Crippen LogP contribution is -2.20. The first-order valence-electron chi connectivity index (χ1n) is 3.87. The Labute approximate surface area is 73.9 Å². The Balaban J connectivity index is 3.58. The Bertz CT molecular complexity index is 81.3. The fraction of sp³-hybridized carbons (Fsp3) is 1.00. The van der Waals surface area contributed by atoms with Crippen molar-refractivity contribution in [3.63, 3.8) is 0 Å². The molecule has 0 aromatic rings. The van der Waals surface area contributed by atoms with Crippen molar-refractivity contribution in [1.82, 2.24) is 0 Å². The summed E-state index contributed by atoms with van der Waals surface area (Å²) in [5, 5.41) is 0.272. The number of alkyl halides is 2. The van der Waals surface area contributed by atoms with Crippen LogP contribution in [0.2, 0.25) is 0 Å².